The Morgan fingerprint density at radius 1 is 1.19 bits per heavy atom. The molecule has 1 aliphatic rings. The number of fused-ring (bicyclic) bond motifs is 1. The predicted molar refractivity (Wildman–Crippen MR) is 106 cm³/mol. The number of aryl methyl sites for hydroxylation is 1. The maximum absolute atomic E-state index is 13.4. The number of hydrogen-bond acceptors (Lipinski definition) is 4. The van der Waals surface area contributed by atoms with E-state index in [1.165, 1.54) is 0 Å². The van der Waals surface area contributed by atoms with E-state index in [1.807, 2.05) is 48.2 Å². The Bertz CT molecular complexity index is 927. The summed E-state index contributed by atoms with van der Waals surface area (Å²) in [6.45, 7) is 4.57. The van der Waals surface area contributed by atoms with Crippen LogP contribution < -0.4 is 0 Å². The second-order valence-electron chi connectivity index (χ2n) is 7.43. The number of rotatable bonds is 4. The van der Waals surface area contributed by atoms with Gasteiger partial charge in [-0.15, -0.1) is 0 Å². The molecule has 0 unspecified atom stereocenters. The van der Waals surface area contributed by atoms with Gasteiger partial charge in [-0.3, -0.25) is 9.78 Å². The zero-order valence-electron chi connectivity index (χ0n) is 15.9. The molecule has 5 heteroatoms. The lowest BCUT2D eigenvalue weighted by Crippen LogP contribution is -2.46. The fraction of sp³-hybridized carbons (Fsp3) is 0.364. The minimum atomic E-state index is 0.0853. The van der Waals surface area contributed by atoms with Crippen molar-refractivity contribution < 1.29 is 9.21 Å². The van der Waals surface area contributed by atoms with Crippen molar-refractivity contribution in [3.63, 3.8) is 0 Å². The topological polar surface area (TPSA) is 49.6 Å². The minimum Gasteiger partial charge on any atom is -0.461 e. The van der Waals surface area contributed by atoms with Gasteiger partial charge >= 0.3 is 0 Å². The van der Waals surface area contributed by atoms with E-state index >= 15 is 0 Å². The highest BCUT2D eigenvalue weighted by Gasteiger charge is 2.28. The number of aromatic nitrogens is 1. The van der Waals surface area contributed by atoms with Gasteiger partial charge in [-0.1, -0.05) is 0 Å². The molecule has 0 aliphatic carbocycles. The molecule has 2 aromatic heterocycles. The first kappa shape index (κ1) is 17.7. The molecule has 0 atom stereocenters. The lowest BCUT2D eigenvalue weighted by atomic mass is 10.0. The molecule has 0 N–H and O–H groups in total. The molecular weight excluding hydrogens is 338 g/mol. The Kier molecular flexibility index (Phi) is 4.94. The molecule has 27 heavy (non-hydrogen) atoms. The lowest BCUT2D eigenvalue weighted by Gasteiger charge is -2.37. The van der Waals surface area contributed by atoms with Crippen molar-refractivity contribution in [2.24, 2.45) is 0 Å². The monoisotopic (exact) mass is 363 g/mol. The Hall–Kier alpha value is -2.66. The zero-order chi connectivity index (χ0) is 18.8. The standard InChI is InChI=1S/C22H25N3O2/c1-16-13-19-14-18(3-4-21(19)27-16)22(26)25(15-17-5-9-23-10-6-17)20-7-11-24(2)12-8-20/h3-6,9-10,13-14,20H,7-8,11-12,15H2,1-2H3. The normalized spacial score (nSPS) is 15.9. The summed E-state index contributed by atoms with van der Waals surface area (Å²) in [4.78, 5) is 21.9. The largest absolute Gasteiger partial charge is 0.461 e. The molecule has 0 radical (unpaired) electrons. The van der Waals surface area contributed by atoms with Gasteiger partial charge in [-0.2, -0.15) is 0 Å². The van der Waals surface area contributed by atoms with Gasteiger partial charge in [-0.05, 0) is 81.9 Å². The third-order valence-corrected chi connectivity index (χ3v) is 5.38. The van der Waals surface area contributed by atoms with E-state index in [0.717, 1.165) is 53.8 Å². The summed E-state index contributed by atoms with van der Waals surface area (Å²) in [5, 5.41) is 0.977. The number of benzene rings is 1. The van der Waals surface area contributed by atoms with Crippen LogP contribution in [0.5, 0.6) is 0 Å². The number of carbonyl (C=O) groups excluding carboxylic acids is 1. The van der Waals surface area contributed by atoms with Crippen LogP contribution in [0, 0.1) is 6.92 Å². The maximum atomic E-state index is 13.4. The van der Waals surface area contributed by atoms with E-state index in [0.29, 0.717) is 6.54 Å². The first-order chi connectivity index (χ1) is 13.1. The van der Waals surface area contributed by atoms with Crippen LogP contribution in [0.3, 0.4) is 0 Å². The number of piperidine rings is 1. The van der Waals surface area contributed by atoms with Crippen LogP contribution >= 0.6 is 0 Å². The number of pyridine rings is 1. The second-order valence-corrected chi connectivity index (χ2v) is 7.43. The molecule has 1 saturated heterocycles. The van der Waals surface area contributed by atoms with Crippen LogP contribution in [0.1, 0.15) is 34.5 Å². The summed E-state index contributed by atoms with van der Waals surface area (Å²) in [6, 6.07) is 11.9. The predicted octanol–water partition coefficient (Wildman–Crippen LogP) is 3.87. The molecule has 1 fully saturated rings. The second kappa shape index (κ2) is 7.53. The average molecular weight is 363 g/mol. The van der Waals surface area contributed by atoms with E-state index in [-0.39, 0.29) is 11.9 Å². The van der Waals surface area contributed by atoms with E-state index in [2.05, 4.69) is 16.9 Å². The number of hydrogen-bond donors (Lipinski definition) is 0. The number of likely N-dealkylation sites (tertiary alicyclic amines) is 1. The Balaban J connectivity index is 1.64. The molecule has 1 aromatic carbocycles. The van der Waals surface area contributed by atoms with E-state index in [9.17, 15) is 4.79 Å². The number of carbonyl (C=O) groups is 1. The SMILES string of the molecule is Cc1cc2cc(C(=O)N(Cc3ccncc3)C3CCN(C)CC3)ccc2o1. The Morgan fingerprint density at radius 2 is 1.93 bits per heavy atom. The van der Waals surface area contributed by atoms with E-state index in [4.69, 9.17) is 4.42 Å². The van der Waals surface area contributed by atoms with E-state index in [1.54, 1.807) is 12.4 Å². The van der Waals surface area contributed by atoms with Gasteiger partial charge in [-0.25, -0.2) is 0 Å². The van der Waals surface area contributed by atoms with Gasteiger partial charge < -0.3 is 14.2 Å². The summed E-state index contributed by atoms with van der Waals surface area (Å²) in [5.41, 5.74) is 2.65. The van der Waals surface area contributed by atoms with Crippen LogP contribution in [0.4, 0.5) is 0 Å². The molecule has 0 saturated carbocycles. The third-order valence-electron chi connectivity index (χ3n) is 5.38. The molecular formula is C22H25N3O2. The molecule has 0 bridgehead atoms. The maximum Gasteiger partial charge on any atom is 0.254 e. The molecule has 0 spiro atoms. The summed E-state index contributed by atoms with van der Waals surface area (Å²) < 4.78 is 5.65. The first-order valence-corrected chi connectivity index (χ1v) is 9.49. The number of amides is 1. The smallest absolute Gasteiger partial charge is 0.254 e. The molecule has 1 amide bonds. The van der Waals surface area contributed by atoms with Crippen molar-refractivity contribution in [2.75, 3.05) is 20.1 Å². The van der Waals surface area contributed by atoms with Crippen molar-refractivity contribution in [3.8, 4) is 0 Å². The van der Waals surface area contributed by atoms with Gasteiger partial charge in [0.05, 0.1) is 0 Å². The summed E-state index contributed by atoms with van der Waals surface area (Å²) in [5.74, 6) is 0.945. The van der Waals surface area contributed by atoms with Gasteiger partial charge in [0.25, 0.3) is 5.91 Å². The molecule has 1 aliphatic heterocycles. The molecule has 4 rings (SSSR count). The van der Waals surface area contributed by atoms with Crippen LogP contribution in [-0.4, -0.2) is 46.9 Å². The highest BCUT2D eigenvalue weighted by molar-refractivity contribution is 5.98. The zero-order valence-corrected chi connectivity index (χ0v) is 15.9. The Labute approximate surface area is 159 Å². The van der Waals surface area contributed by atoms with Crippen LogP contribution in [0.2, 0.25) is 0 Å². The molecule has 5 nitrogen and oxygen atoms in total. The van der Waals surface area contributed by atoms with Crippen molar-refractivity contribution in [1.29, 1.82) is 0 Å². The van der Waals surface area contributed by atoms with Crippen molar-refractivity contribution in [3.05, 3.63) is 65.7 Å². The van der Waals surface area contributed by atoms with Gasteiger partial charge in [0, 0.05) is 35.9 Å². The minimum absolute atomic E-state index is 0.0853. The van der Waals surface area contributed by atoms with Crippen molar-refractivity contribution in [2.45, 2.75) is 32.4 Å². The van der Waals surface area contributed by atoms with Crippen molar-refractivity contribution in [1.82, 2.24) is 14.8 Å². The van der Waals surface area contributed by atoms with Gasteiger partial charge in [0.1, 0.15) is 11.3 Å². The molecule has 3 heterocycles. The summed E-state index contributed by atoms with van der Waals surface area (Å²) >= 11 is 0. The summed E-state index contributed by atoms with van der Waals surface area (Å²) in [7, 11) is 2.14. The number of nitrogens with zero attached hydrogens (tertiary/aromatic N) is 3. The fourth-order valence-corrected chi connectivity index (χ4v) is 3.83. The van der Waals surface area contributed by atoms with Gasteiger partial charge in [0.2, 0.25) is 0 Å². The quantitative estimate of drug-likeness (QED) is 0.706. The third kappa shape index (κ3) is 3.88. The van der Waals surface area contributed by atoms with Crippen molar-refractivity contribution >= 4 is 16.9 Å². The lowest BCUT2D eigenvalue weighted by molar-refractivity contribution is 0.0569. The highest BCUT2D eigenvalue weighted by Crippen LogP contribution is 2.24. The van der Waals surface area contributed by atoms with Gasteiger partial charge in [0.15, 0.2) is 0 Å². The highest BCUT2D eigenvalue weighted by atomic mass is 16.3. The Morgan fingerprint density at radius 3 is 2.67 bits per heavy atom. The average Bonchev–Trinajstić information content (AvgIpc) is 3.06. The summed E-state index contributed by atoms with van der Waals surface area (Å²) in [6.07, 6.45) is 5.57. The van der Waals surface area contributed by atoms with Crippen LogP contribution in [0.25, 0.3) is 11.0 Å². The molecule has 140 valence electrons. The van der Waals surface area contributed by atoms with Crippen LogP contribution in [0.15, 0.2) is 53.2 Å². The van der Waals surface area contributed by atoms with E-state index < -0.39 is 0 Å². The first-order valence-electron chi connectivity index (χ1n) is 9.49. The van der Waals surface area contributed by atoms with Crippen LogP contribution in [-0.2, 0) is 6.54 Å². The fourth-order valence-electron chi connectivity index (χ4n) is 3.83. The number of furan rings is 1. The molecule has 3 aromatic rings.